The predicted octanol–water partition coefficient (Wildman–Crippen LogP) is 1.18. The van der Waals surface area contributed by atoms with E-state index in [9.17, 15) is 4.79 Å². The number of methoxy groups -OCH3 is 1. The van der Waals surface area contributed by atoms with Gasteiger partial charge in [-0.1, -0.05) is 0 Å². The zero-order valence-corrected chi connectivity index (χ0v) is 11.3. The predicted molar refractivity (Wildman–Crippen MR) is 67.8 cm³/mol. The lowest BCUT2D eigenvalue weighted by Gasteiger charge is -2.18. The van der Waals surface area contributed by atoms with E-state index in [1.165, 1.54) is 0 Å². The third-order valence-electron chi connectivity index (χ3n) is 2.36. The van der Waals surface area contributed by atoms with E-state index in [2.05, 4.69) is 9.97 Å². The number of nitrogens with zero attached hydrogens (tertiary/aromatic N) is 3. The maximum absolute atomic E-state index is 11.3. The lowest BCUT2D eigenvalue weighted by molar-refractivity contribution is -0.142. The molecule has 0 aromatic carbocycles. The molecule has 0 aliphatic rings. The number of esters is 1. The number of carbonyl (C=O) groups excluding carboxylic acids is 1. The van der Waals surface area contributed by atoms with E-state index >= 15 is 0 Å². The summed E-state index contributed by atoms with van der Waals surface area (Å²) in [4.78, 5) is 21.5. The van der Waals surface area contributed by atoms with Crippen molar-refractivity contribution < 1.29 is 14.3 Å². The zero-order chi connectivity index (χ0) is 13.5. The van der Waals surface area contributed by atoms with E-state index in [0.29, 0.717) is 31.3 Å². The molecule has 0 saturated carbocycles. The average Bonchev–Trinajstić information content (AvgIpc) is 2.35. The molecule has 1 heterocycles. The molecule has 18 heavy (non-hydrogen) atoms. The van der Waals surface area contributed by atoms with Gasteiger partial charge >= 0.3 is 5.97 Å². The van der Waals surface area contributed by atoms with Gasteiger partial charge in [0.1, 0.15) is 11.6 Å². The number of aromatic nitrogens is 2. The Morgan fingerprint density at radius 2 is 2.17 bits per heavy atom. The van der Waals surface area contributed by atoms with E-state index in [4.69, 9.17) is 9.47 Å². The molecule has 0 aliphatic carbocycles. The highest BCUT2D eigenvalue weighted by molar-refractivity contribution is 5.70. The first-order valence-electron chi connectivity index (χ1n) is 5.83. The average molecular weight is 253 g/mol. The molecule has 6 heteroatoms. The molecule has 0 bridgehead atoms. The Labute approximate surface area is 107 Å². The molecule has 0 amide bonds. The van der Waals surface area contributed by atoms with E-state index in [1.807, 2.05) is 11.9 Å². The van der Waals surface area contributed by atoms with E-state index in [0.717, 1.165) is 5.82 Å². The molecule has 0 atom stereocenters. The number of anilines is 1. The third kappa shape index (κ3) is 4.20. The highest BCUT2D eigenvalue weighted by atomic mass is 16.5. The summed E-state index contributed by atoms with van der Waals surface area (Å²) in [5.74, 6) is 1.67. The molecule has 0 aliphatic heterocycles. The van der Waals surface area contributed by atoms with Crippen LogP contribution in [0.1, 0.15) is 19.2 Å². The first kappa shape index (κ1) is 14.2. The first-order valence-corrected chi connectivity index (χ1v) is 5.83. The van der Waals surface area contributed by atoms with Crippen LogP contribution >= 0.6 is 0 Å². The largest absolute Gasteiger partial charge is 0.481 e. The first-order chi connectivity index (χ1) is 8.56. The van der Waals surface area contributed by atoms with Gasteiger partial charge in [-0.2, -0.15) is 4.98 Å². The van der Waals surface area contributed by atoms with Crippen LogP contribution in [0.2, 0.25) is 0 Å². The minimum atomic E-state index is -0.206. The molecular weight excluding hydrogens is 234 g/mol. The van der Waals surface area contributed by atoms with Gasteiger partial charge in [-0.3, -0.25) is 4.79 Å². The Hall–Kier alpha value is -1.85. The van der Waals surface area contributed by atoms with Gasteiger partial charge in [-0.05, 0) is 13.8 Å². The molecule has 6 nitrogen and oxygen atoms in total. The Kier molecular flexibility index (Phi) is 5.35. The molecule has 1 rings (SSSR count). The van der Waals surface area contributed by atoms with Crippen LogP contribution in [-0.2, 0) is 9.53 Å². The second kappa shape index (κ2) is 6.78. The highest BCUT2D eigenvalue weighted by Crippen LogP contribution is 2.16. The van der Waals surface area contributed by atoms with Crippen LogP contribution in [0.5, 0.6) is 5.88 Å². The quantitative estimate of drug-likeness (QED) is 0.709. The standard InChI is InChI=1S/C12H19N3O3/c1-5-18-12(16)6-7-15(3)10-8-11(17-4)14-9(2)13-10/h8H,5-7H2,1-4H3. The lowest BCUT2D eigenvalue weighted by atomic mass is 10.4. The molecule has 0 unspecified atom stereocenters. The molecule has 0 saturated heterocycles. The number of ether oxygens (including phenoxy) is 2. The SMILES string of the molecule is CCOC(=O)CCN(C)c1cc(OC)nc(C)n1. The van der Waals surface area contributed by atoms with Gasteiger partial charge in [0.15, 0.2) is 0 Å². The Morgan fingerprint density at radius 1 is 1.44 bits per heavy atom. The minimum Gasteiger partial charge on any atom is -0.481 e. The number of rotatable bonds is 6. The van der Waals surface area contributed by atoms with Crippen molar-refractivity contribution in [3.63, 3.8) is 0 Å². The molecule has 0 fully saturated rings. The van der Waals surface area contributed by atoms with Gasteiger partial charge in [0.05, 0.1) is 20.1 Å². The molecule has 0 radical (unpaired) electrons. The number of aryl methyl sites for hydroxylation is 1. The van der Waals surface area contributed by atoms with E-state index in [-0.39, 0.29) is 5.97 Å². The summed E-state index contributed by atoms with van der Waals surface area (Å²) in [6, 6.07) is 1.73. The van der Waals surface area contributed by atoms with Crippen LogP contribution in [0.15, 0.2) is 6.07 Å². The van der Waals surface area contributed by atoms with Gasteiger partial charge in [0.25, 0.3) is 0 Å². The summed E-state index contributed by atoms with van der Waals surface area (Å²) in [6.07, 6.45) is 0.329. The van der Waals surface area contributed by atoms with Crippen LogP contribution in [0, 0.1) is 6.92 Å². The molecule has 100 valence electrons. The van der Waals surface area contributed by atoms with Crippen LogP contribution < -0.4 is 9.64 Å². The molecule has 0 spiro atoms. The highest BCUT2D eigenvalue weighted by Gasteiger charge is 2.09. The maximum Gasteiger partial charge on any atom is 0.307 e. The van der Waals surface area contributed by atoms with Crippen molar-refractivity contribution in [1.29, 1.82) is 0 Å². The third-order valence-corrected chi connectivity index (χ3v) is 2.36. The zero-order valence-electron chi connectivity index (χ0n) is 11.3. The fraction of sp³-hybridized carbons (Fsp3) is 0.583. The van der Waals surface area contributed by atoms with Gasteiger partial charge in [0.2, 0.25) is 5.88 Å². The maximum atomic E-state index is 11.3. The number of carbonyl (C=O) groups is 1. The summed E-state index contributed by atoms with van der Waals surface area (Å²) in [6.45, 7) is 4.53. The number of hydrogen-bond donors (Lipinski definition) is 0. The van der Waals surface area contributed by atoms with Crippen LogP contribution in [-0.4, -0.2) is 43.2 Å². The summed E-state index contributed by atoms with van der Waals surface area (Å²) in [5, 5.41) is 0. The summed E-state index contributed by atoms with van der Waals surface area (Å²) < 4.78 is 9.95. The summed E-state index contributed by atoms with van der Waals surface area (Å²) >= 11 is 0. The Bertz CT molecular complexity index is 410. The van der Waals surface area contributed by atoms with Gasteiger partial charge in [-0.15, -0.1) is 0 Å². The van der Waals surface area contributed by atoms with Crippen molar-refractivity contribution in [2.24, 2.45) is 0 Å². The summed E-state index contributed by atoms with van der Waals surface area (Å²) in [7, 11) is 3.42. The van der Waals surface area contributed by atoms with Crippen molar-refractivity contribution >= 4 is 11.8 Å². The molecule has 0 N–H and O–H groups in total. The van der Waals surface area contributed by atoms with Crippen molar-refractivity contribution in [2.75, 3.05) is 32.2 Å². The Morgan fingerprint density at radius 3 is 2.78 bits per heavy atom. The summed E-state index contributed by atoms with van der Waals surface area (Å²) in [5.41, 5.74) is 0. The van der Waals surface area contributed by atoms with Crippen molar-refractivity contribution in [3.05, 3.63) is 11.9 Å². The Balaban J connectivity index is 2.63. The fourth-order valence-corrected chi connectivity index (χ4v) is 1.43. The second-order valence-electron chi connectivity index (χ2n) is 3.79. The number of hydrogen-bond acceptors (Lipinski definition) is 6. The van der Waals surface area contributed by atoms with Crippen LogP contribution in [0.3, 0.4) is 0 Å². The van der Waals surface area contributed by atoms with Crippen molar-refractivity contribution in [1.82, 2.24) is 9.97 Å². The topological polar surface area (TPSA) is 64.5 Å². The van der Waals surface area contributed by atoms with Gasteiger partial charge < -0.3 is 14.4 Å². The van der Waals surface area contributed by atoms with E-state index in [1.54, 1.807) is 27.0 Å². The monoisotopic (exact) mass is 253 g/mol. The van der Waals surface area contributed by atoms with Crippen molar-refractivity contribution in [3.8, 4) is 5.88 Å². The fourth-order valence-electron chi connectivity index (χ4n) is 1.43. The molecule has 1 aromatic rings. The van der Waals surface area contributed by atoms with Gasteiger partial charge in [-0.25, -0.2) is 4.98 Å². The van der Waals surface area contributed by atoms with Gasteiger partial charge in [0, 0.05) is 19.7 Å². The molecular formula is C12H19N3O3. The smallest absolute Gasteiger partial charge is 0.307 e. The van der Waals surface area contributed by atoms with Crippen LogP contribution in [0.4, 0.5) is 5.82 Å². The van der Waals surface area contributed by atoms with E-state index < -0.39 is 0 Å². The van der Waals surface area contributed by atoms with Crippen LogP contribution in [0.25, 0.3) is 0 Å². The minimum absolute atomic E-state index is 0.206. The molecule has 1 aromatic heterocycles. The van der Waals surface area contributed by atoms with Crippen molar-refractivity contribution in [2.45, 2.75) is 20.3 Å². The normalized spacial score (nSPS) is 10.0. The lowest BCUT2D eigenvalue weighted by Crippen LogP contribution is -2.23. The second-order valence-corrected chi connectivity index (χ2v) is 3.79.